The monoisotopic (exact) mass is 393 g/mol. The van der Waals surface area contributed by atoms with Gasteiger partial charge in [0, 0.05) is 11.6 Å². The summed E-state index contributed by atoms with van der Waals surface area (Å²) in [6.07, 6.45) is 1.69. The lowest BCUT2D eigenvalue weighted by Gasteiger charge is -2.11. The van der Waals surface area contributed by atoms with Crippen LogP contribution in [0.15, 0.2) is 48.7 Å². The number of carbonyl (C=O) groups is 1. The van der Waals surface area contributed by atoms with Gasteiger partial charge in [0.25, 0.3) is 5.91 Å². The van der Waals surface area contributed by atoms with Crippen molar-refractivity contribution in [1.82, 2.24) is 5.32 Å². The summed E-state index contributed by atoms with van der Waals surface area (Å²) in [5, 5.41) is 3.34. The van der Waals surface area contributed by atoms with E-state index < -0.39 is 6.86 Å². The summed E-state index contributed by atoms with van der Waals surface area (Å²) < 4.78 is 27.5. The van der Waals surface area contributed by atoms with Crippen LogP contribution in [0, 0.1) is 0 Å². The summed E-state index contributed by atoms with van der Waals surface area (Å²) in [6, 6.07) is 12.2. The fraction of sp³-hybridized carbons (Fsp3) is 0.250. The number of halogens is 2. The van der Waals surface area contributed by atoms with Crippen LogP contribution in [0.25, 0.3) is 5.57 Å². The molecule has 0 aromatic heterocycles. The molecule has 2 aromatic rings. The first-order valence-corrected chi connectivity index (χ1v) is 8.59. The minimum absolute atomic E-state index is 0.219. The van der Waals surface area contributed by atoms with Crippen LogP contribution in [0.1, 0.15) is 11.1 Å². The first-order chi connectivity index (χ1) is 13.1. The molecule has 2 rings (SSSR count). The van der Waals surface area contributed by atoms with Crippen molar-refractivity contribution in [3.8, 4) is 11.5 Å². The predicted molar refractivity (Wildman–Crippen MR) is 103 cm³/mol. The number of ether oxygens (including phenoxy) is 3. The van der Waals surface area contributed by atoms with E-state index in [1.54, 1.807) is 38.5 Å². The molecule has 0 aliphatic rings. The van der Waals surface area contributed by atoms with E-state index in [1.807, 2.05) is 18.2 Å². The van der Waals surface area contributed by atoms with Gasteiger partial charge in [-0.15, -0.1) is 0 Å². The number of carbonyl (C=O) groups excluding carboxylic acids is 1. The van der Waals surface area contributed by atoms with Crippen molar-refractivity contribution >= 4 is 23.1 Å². The molecule has 0 aliphatic carbocycles. The maximum atomic E-state index is 12.5. The van der Waals surface area contributed by atoms with Gasteiger partial charge in [-0.1, -0.05) is 29.8 Å². The largest absolute Gasteiger partial charge is 0.493 e. The Kier molecular flexibility index (Phi) is 7.95. The van der Waals surface area contributed by atoms with E-state index in [-0.39, 0.29) is 11.5 Å². The molecule has 5 nitrogen and oxygen atoms in total. The van der Waals surface area contributed by atoms with Crippen molar-refractivity contribution in [1.29, 1.82) is 0 Å². The molecule has 0 fully saturated rings. The van der Waals surface area contributed by atoms with Crippen molar-refractivity contribution in [3.63, 3.8) is 0 Å². The van der Waals surface area contributed by atoms with E-state index in [0.29, 0.717) is 35.1 Å². The topological polar surface area (TPSA) is 56.8 Å². The molecule has 0 unspecified atom stereocenters. The highest BCUT2D eigenvalue weighted by molar-refractivity contribution is 6.30. The number of methoxy groups -OCH3 is 2. The number of rotatable bonds is 9. The number of alkyl halides is 1. The third-order valence-corrected chi connectivity index (χ3v) is 4.06. The molecule has 0 saturated carbocycles. The fourth-order valence-electron chi connectivity index (χ4n) is 2.45. The van der Waals surface area contributed by atoms with Gasteiger partial charge in [0.2, 0.25) is 6.86 Å². The van der Waals surface area contributed by atoms with Crippen LogP contribution in [0.3, 0.4) is 0 Å². The Labute approximate surface area is 162 Å². The molecule has 7 heteroatoms. The Morgan fingerprint density at radius 2 is 1.81 bits per heavy atom. The summed E-state index contributed by atoms with van der Waals surface area (Å²) in [6.45, 7) is -0.634. The van der Waals surface area contributed by atoms with E-state index in [0.717, 1.165) is 11.8 Å². The lowest BCUT2D eigenvalue weighted by atomic mass is 10.1. The van der Waals surface area contributed by atoms with Crippen molar-refractivity contribution in [2.45, 2.75) is 6.42 Å². The van der Waals surface area contributed by atoms with Crippen LogP contribution in [0.5, 0.6) is 11.5 Å². The molecular formula is C20H21ClFNO4. The normalized spacial score (nSPS) is 11.0. The molecule has 0 spiro atoms. The molecule has 2 aromatic carbocycles. The van der Waals surface area contributed by atoms with Crippen LogP contribution in [-0.2, 0) is 16.0 Å². The zero-order valence-corrected chi connectivity index (χ0v) is 15.9. The van der Waals surface area contributed by atoms with Gasteiger partial charge in [-0.25, -0.2) is 4.39 Å². The van der Waals surface area contributed by atoms with Crippen LogP contribution in [-0.4, -0.2) is 33.5 Å². The molecule has 0 bridgehead atoms. The highest BCUT2D eigenvalue weighted by atomic mass is 35.5. The second kappa shape index (κ2) is 10.4. The Morgan fingerprint density at radius 1 is 1.11 bits per heavy atom. The minimum atomic E-state index is -1.02. The number of hydrogen-bond donors (Lipinski definition) is 1. The van der Waals surface area contributed by atoms with Crippen LogP contribution in [0.4, 0.5) is 4.39 Å². The van der Waals surface area contributed by atoms with E-state index in [4.69, 9.17) is 21.1 Å². The molecule has 27 heavy (non-hydrogen) atoms. The summed E-state index contributed by atoms with van der Waals surface area (Å²) in [4.78, 5) is 12.5. The molecular weight excluding hydrogens is 373 g/mol. The maximum absolute atomic E-state index is 12.5. The Hall–Kier alpha value is -2.73. The molecule has 0 saturated heterocycles. The zero-order valence-electron chi connectivity index (χ0n) is 15.1. The van der Waals surface area contributed by atoms with Crippen molar-refractivity contribution in [3.05, 3.63) is 64.9 Å². The molecule has 1 amide bonds. The first-order valence-electron chi connectivity index (χ1n) is 8.21. The van der Waals surface area contributed by atoms with Crippen LogP contribution >= 0.6 is 11.6 Å². The number of amides is 1. The fourth-order valence-corrected chi connectivity index (χ4v) is 2.57. The summed E-state index contributed by atoms with van der Waals surface area (Å²) in [7, 11) is 3.14. The summed E-state index contributed by atoms with van der Waals surface area (Å²) >= 11 is 5.87. The van der Waals surface area contributed by atoms with E-state index >= 15 is 0 Å². The van der Waals surface area contributed by atoms with Crippen LogP contribution in [0.2, 0.25) is 5.02 Å². The average molecular weight is 394 g/mol. The Morgan fingerprint density at radius 3 is 2.44 bits per heavy atom. The van der Waals surface area contributed by atoms with Gasteiger partial charge < -0.3 is 19.5 Å². The van der Waals surface area contributed by atoms with Gasteiger partial charge in [-0.2, -0.15) is 0 Å². The Bertz CT molecular complexity index is 793. The highest BCUT2D eigenvalue weighted by Crippen LogP contribution is 2.27. The van der Waals surface area contributed by atoms with Crippen molar-refractivity contribution in [2.24, 2.45) is 0 Å². The van der Waals surface area contributed by atoms with Gasteiger partial charge in [0.15, 0.2) is 11.5 Å². The van der Waals surface area contributed by atoms with E-state index in [2.05, 4.69) is 10.1 Å². The molecule has 0 radical (unpaired) electrons. The standard InChI is InChI=1S/C20H21ClFNO4/c1-25-18-8-3-14(11-19(18)26-2)9-10-23-20(24)17(12-27-13-22)15-4-6-16(21)7-5-15/h3-8,11-12H,9-10,13H2,1-2H3,(H,23,24)/b17-12-. The molecule has 0 aliphatic heterocycles. The third kappa shape index (κ3) is 5.89. The summed E-state index contributed by atoms with van der Waals surface area (Å²) in [5.41, 5.74) is 1.78. The second-order valence-corrected chi connectivity index (χ2v) is 5.95. The molecule has 0 atom stereocenters. The first kappa shape index (κ1) is 20.6. The smallest absolute Gasteiger partial charge is 0.255 e. The van der Waals surface area contributed by atoms with E-state index in [9.17, 15) is 9.18 Å². The van der Waals surface area contributed by atoms with Crippen LogP contribution < -0.4 is 14.8 Å². The lowest BCUT2D eigenvalue weighted by Crippen LogP contribution is -2.26. The lowest BCUT2D eigenvalue weighted by molar-refractivity contribution is -0.115. The van der Waals surface area contributed by atoms with Gasteiger partial charge in [-0.3, -0.25) is 4.79 Å². The van der Waals surface area contributed by atoms with Crippen molar-refractivity contribution < 1.29 is 23.4 Å². The third-order valence-electron chi connectivity index (χ3n) is 3.81. The van der Waals surface area contributed by atoms with Gasteiger partial charge in [0.05, 0.1) is 26.1 Å². The molecule has 1 N–H and O–H groups in total. The zero-order chi connectivity index (χ0) is 19.6. The Balaban J connectivity index is 2.02. The average Bonchev–Trinajstić information content (AvgIpc) is 2.69. The summed E-state index contributed by atoms with van der Waals surface area (Å²) in [5.74, 6) is 0.896. The van der Waals surface area contributed by atoms with E-state index in [1.165, 1.54) is 0 Å². The maximum Gasteiger partial charge on any atom is 0.255 e. The predicted octanol–water partition coefficient (Wildman–Crippen LogP) is 4.00. The number of benzene rings is 2. The minimum Gasteiger partial charge on any atom is -0.493 e. The number of nitrogens with one attached hydrogen (secondary N) is 1. The SMILES string of the molecule is COc1ccc(CCNC(=O)/C(=C\OCF)c2ccc(Cl)cc2)cc1OC. The van der Waals surface area contributed by atoms with Gasteiger partial charge in [-0.05, 0) is 41.8 Å². The van der Waals surface area contributed by atoms with Crippen molar-refractivity contribution in [2.75, 3.05) is 27.6 Å². The quantitative estimate of drug-likeness (QED) is 0.516. The molecule has 0 heterocycles. The van der Waals surface area contributed by atoms with Gasteiger partial charge >= 0.3 is 0 Å². The number of hydrogen-bond acceptors (Lipinski definition) is 4. The highest BCUT2D eigenvalue weighted by Gasteiger charge is 2.13. The van der Waals surface area contributed by atoms with Gasteiger partial charge in [0.1, 0.15) is 0 Å². The second-order valence-electron chi connectivity index (χ2n) is 5.51. The molecule has 144 valence electrons.